The summed E-state index contributed by atoms with van der Waals surface area (Å²) in [6.45, 7) is 0.373. The van der Waals surface area contributed by atoms with Crippen LogP contribution in [0.5, 0.6) is 0 Å². The third-order valence-electron chi connectivity index (χ3n) is 3.14. The molecule has 1 saturated heterocycles. The molecule has 1 aromatic rings. The Morgan fingerprint density at radius 3 is 2.85 bits per heavy atom. The minimum Gasteiger partial charge on any atom is -0.481 e. The summed E-state index contributed by atoms with van der Waals surface area (Å²) in [5, 5.41) is 9.00. The highest BCUT2D eigenvalue weighted by atomic mass is 127. The molecule has 1 fully saturated rings. The molecule has 0 saturated carbocycles. The third-order valence-corrected chi connectivity index (χ3v) is 5.32. The summed E-state index contributed by atoms with van der Waals surface area (Å²) in [5.41, 5.74) is 0.481. The van der Waals surface area contributed by atoms with Gasteiger partial charge in [-0.2, -0.15) is 12.7 Å². The molecule has 110 valence electrons. The van der Waals surface area contributed by atoms with Crippen molar-refractivity contribution < 1.29 is 18.3 Å². The van der Waals surface area contributed by atoms with Gasteiger partial charge >= 0.3 is 16.2 Å². The predicted octanol–water partition coefficient (Wildman–Crippen LogP) is 1.74. The van der Waals surface area contributed by atoms with Crippen molar-refractivity contribution in [2.75, 3.05) is 17.8 Å². The fourth-order valence-corrected chi connectivity index (χ4v) is 3.97. The number of aliphatic carboxylic acids is 1. The molecule has 8 heteroatoms. The Labute approximate surface area is 131 Å². The van der Waals surface area contributed by atoms with Gasteiger partial charge in [-0.25, -0.2) is 0 Å². The molecule has 0 bridgehead atoms. The zero-order chi connectivity index (χ0) is 14.8. The van der Waals surface area contributed by atoms with E-state index in [0.717, 1.165) is 3.57 Å². The molecule has 2 N–H and O–H groups in total. The van der Waals surface area contributed by atoms with Crippen molar-refractivity contribution in [3.05, 3.63) is 27.8 Å². The first kappa shape index (κ1) is 15.5. The lowest BCUT2D eigenvalue weighted by Gasteiger charge is -2.29. The summed E-state index contributed by atoms with van der Waals surface area (Å²) in [4.78, 5) is 11.0. The van der Waals surface area contributed by atoms with Crippen molar-refractivity contribution in [2.45, 2.75) is 12.8 Å². The SMILES string of the molecule is O=C(O)C1CCCN(S(=O)(=O)Nc2cccc(I)c2)C1. The summed E-state index contributed by atoms with van der Waals surface area (Å²) in [6, 6.07) is 7.00. The van der Waals surface area contributed by atoms with Crippen molar-refractivity contribution in [1.29, 1.82) is 0 Å². The second-order valence-electron chi connectivity index (χ2n) is 4.65. The Balaban J connectivity index is 2.12. The van der Waals surface area contributed by atoms with Crippen LogP contribution in [-0.4, -0.2) is 36.9 Å². The largest absolute Gasteiger partial charge is 0.481 e. The van der Waals surface area contributed by atoms with E-state index in [-0.39, 0.29) is 6.54 Å². The van der Waals surface area contributed by atoms with Crippen molar-refractivity contribution >= 4 is 44.5 Å². The number of nitrogens with zero attached hydrogens (tertiary/aromatic N) is 1. The summed E-state index contributed by atoms with van der Waals surface area (Å²) in [6.07, 6.45) is 1.08. The predicted molar refractivity (Wildman–Crippen MR) is 83.6 cm³/mol. The Morgan fingerprint density at radius 2 is 2.20 bits per heavy atom. The average Bonchev–Trinajstić information content (AvgIpc) is 2.38. The normalized spacial score (nSPS) is 20.6. The molecule has 1 heterocycles. The lowest BCUT2D eigenvalue weighted by atomic mass is 10.0. The zero-order valence-corrected chi connectivity index (χ0v) is 13.6. The van der Waals surface area contributed by atoms with Gasteiger partial charge in [0.2, 0.25) is 0 Å². The molecule has 0 spiro atoms. The highest BCUT2D eigenvalue weighted by Crippen LogP contribution is 2.21. The molecule has 1 aliphatic heterocycles. The quantitative estimate of drug-likeness (QED) is 0.741. The zero-order valence-electron chi connectivity index (χ0n) is 10.6. The molecule has 0 aromatic heterocycles. The number of nitrogens with one attached hydrogen (secondary N) is 1. The second-order valence-corrected chi connectivity index (χ2v) is 7.57. The molecule has 0 aliphatic carbocycles. The number of hydrogen-bond donors (Lipinski definition) is 2. The number of piperidine rings is 1. The van der Waals surface area contributed by atoms with Crippen LogP contribution in [-0.2, 0) is 15.0 Å². The van der Waals surface area contributed by atoms with Crippen molar-refractivity contribution in [2.24, 2.45) is 5.92 Å². The van der Waals surface area contributed by atoms with E-state index in [1.54, 1.807) is 18.2 Å². The Hall–Kier alpha value is -0.870. The maximum absolute atomic E-state index is 12.3. The number of benzene rings is 1. The summed E-state index contributed by atoms with van der Waals surface area (Å²) >= 11 is 2.10. The summed E-state index contributed by atoms with van der Waals surface area (Å²) in [5.74, 6) is -1.57. The highest BCUT2D eigenvalue weighted by Gasteiger charge is 2.32. The Morgan fingerprint density at radius 1 is 1.45 bits per heavy atom. The van der Waals surface area contributed by atoms with Crippen LogP contribution >= 0.6 is 22.6 Å². The van der Waals surface area contributed by atoms with Crippen LogP contribution in [0.2, 0.25) is 0 Å². The van der Waals surface area contributed by atoms with E-state index in [9.17, 15) is 13.2 Å². The van der Waals surface area contributed by atoms with Crippen molar-refractivity contribution in [1.82, 2.24) is 4.31 Å². The standard InChI is InChI=1S/C12H15IN2O4S/c13-10-4-1-5-11(7-10)14-20(18,19)15-6-2-3-9(8-15)12(16)17/h1,4-5,7,9,14H,2-3,6,8H2,(H,16,17). The molecule has 2 rings (SSSR count). The second kappa shape index (κ2) is 6.27. The van der Waals surface area contributed by atoms with E-state index in [1.807, 2.05) is 6.07 Å². The molecule has 0 amide bonds. The molecular weight excluding hydrogens is 395 g/mol. The lowest BCUT2D eigenvalue weighted by molar-refractivity contribution is -0.142. The first-order chi connectivity index (χ1) is 9.38. The van der Waals surface area contributed by atoms with E-state index in [1.165, 1.54) is 4.31 Å². The fraction of sp³-hybridized carbons (Fsp3) is 0.417. The van der Waals surface area contributed by atoms with E-state index in [4.69, 9.17) is 5.11 Å². The maximum atomic E-state index is 12.3. The van der Waals surface area contributed by atoms with Crippen LogP contribution in [0.15, 0.2) is 24.3 Å². The van der Waals surface area contributed by atoms with Crippen LogP contribution in [0, 0.1) is 9.49 Å². The first-order valence-corrected chi connectivity index (χ1v) is 8.66. The van der Waals surface area contributed by atoms with E-state index in [2.05, 4.69) is 27.3 Å². The van der Waals surface area contributed by atoms with Crippen molar-refractivity contribution in [3.8, 4) is 0 Å². The third kappa shape index (κ3) is 3.83. The smallest absolute Gasteiger partial charge is 0.307 e. The average molecular weight is 410 g/mol. The number of hydrogen-bond acceptors (Lipinski definition) is 3. The van der Waals surface area contributed by atoms with Gasteiger partial charge in [0.1, 0.15) is 0 Å². The number of rotatable bonds is 4. The summed E-state index contributed by atoms with van der Waals surface area (Å²) < 4.78 is 29.1. The molecule has 1 aliphatic rings. The van der Waals surface area contributed by atoms with Crippen molar-refractivity contribution in [3.63, 3.8) is 0 Å². The molecule has 1 unspecified atom stereocenters. The van der Waals surface area contributed by atoms with Gasteiger partial charge in [0.25, 0.3) is 0 Å². The molecule has 1 aromatic carbocycles. The van der Waals surface area contributed by atoms with Gasteiger partial charge in [-0.1, -0.05) is 6.07 Å². The van der Waals surface area contributed by atoms with Crippen LogP contribution < -0.4 is 4.72 Å². The minimum absolute atomic E-state index is 0.0224. The topological polar surface area (TPSA) is 86.7 Å². The fourth-order valence-electron chi connectivity index (χ4n) is 2.13. The van der Waals surface area contributed by atoms with Gasteiger partial charge in [0.05, 0.1) is 11.6 Å². The summed E-state index contributed by atoms with van der Waals surface area (Å²) in [7, 11) is -3.70. The van der Waals surface area contributed by atoms with Gasteiger partial charge in [0, 0.05) is 16.7 Å². The van der Waals surface area contributed by atoms with Crippen LogP contribution in [0.4, 0.5) is 5.69 Å². The minimum atomic E-state index is -3.70. The number of carboxylic acid groups (broad SMARTS) is 1. The van der Waals surface area contributed by atoms with Crippen LogP contribution in [0.1, 0.15) is 12.8 Å². The number of halogens is 1. The highest BCUT2D eigenvalue weighted by molar-refractivity contribution is 14.1. The lowest BCUT2D eigenvalue weighted by Crippen LogP contribution is -2.44. The van der Waals surface area contributed by atoms with Crippen LogP contribution in [0.25, 0.3) is 0 Å². The van der Waals surface area contributed by atoms with E-state index >= 15 is 0 Å². The maximum Gasteiger partial charge on any atom is 0.307 e. The number of carbonyl (C=O) groups is 1. The Bertz CT molecular complexity index is 605. The number of anilines is 1. The molecule has 0 radical (unpaired) electrons. The molecular formula is C12H15IN2O4S. The van der Waals surface area contributed by atoms with E-state index < -0.39 is 22.1 Å². The van der Waals surface area contributed by atoms with Gasteiger partial charge in [-0.05, 0) is 53.6 Å². The van der Waals surface area contributed by atoms with Gasteiger partial charge in [-0.15, -0.1) is 0 Å². The molecule has 1 atom stereocenters. The molecule has 20 heavy (non-hydrogen) atoms. The van der Waals surface area contributed by atoms with Crippen LogP contribution in [0.3, 0.4) is 0 Å². The van der Waals surface area contributed by atoms with E-state index in [0.29, 0.717) is 25.1 Å². The first-order valence-electron chi connectivity index (χ1n) is 6.15. The van der Waals surface area contributed by atoms with Gasteiger partial charge in [-0.3, -0.25) is 9.52 Å². The van der Waals surface area contributed by atoms with Gasteiger partial charge < -0.3 is 5.11 Å². The van der Waals surface area contributed by atoms with Gasteiger partial charge in [0.15, 0.2) is 0 Å². The molecule has 6 nitrogen and oxygen atoms in total. The number of carboxylic acids is 1. The Kier molecular flexibility index (Phi) is 4.86. The monoisotopic (exact) mass is 410 g/mol.